The van der Waals surface area contributed by atoms with Crippen LogP contribution >= 0.6 is 0 Å². The summed E-state index contributed by atoms with van der Waals surface area (Å²) >= 11 is 0. The fourth-order valence-electron chi connectivity index (χ4n) is 2.97. The van der Waals surface area contributed by atoms with Gasteiger partial charge in [0.1, 0.15) is 18.3 Å². The Morgan fingerprint density at radius 2 is 1.93 bits per heavy atom. The van der Waals surface area contributed by atoms with Gasteiger partial charge in [-0.25, -0.2) is 18.3 Å². The van der Waals surface area contributed by atoms with Crippen molar-refractivity contribution in [3.63, 3.8) is 0 Å². The summed E-state index contributed by atoms with van der Waals surface area (Å²) in [4.78, 5) is 8.88. The largest absolute Gasteiger partial charge is 0.339 e. The molecule has 3 aromatic heterocycles. The van der Waals surface area contributed by atoms with E-state index in [0.29, 0.717) is 29.0 Å². The molecule has 3 heterocycles. The summed E-state index contributed by atoms with van der Waals surface area (Å²) in [6.07, 6.45) is 5.51. The predicted molar refractivity (Wildman–Crippen MR) is 100 cm³/mol. The van der Waals surface area contributed by atoms with Crippen molar-refractivity contribution >= 4 is 17.0 Å². The molecule has 0 aliphatic heterocycles. The van der Waals surface area contributed by atoms with Crippen LogP contribution in [0.25, 0.3) is 16.8 Å². The van der Waals surface area contributed by atoms with Gasteiger partial charge in [0.15, 0.2) is 0 Å². The molecule has 0 bridgehead atoms. The Morgan fingerprint density at radius 3 is 2.67 bits per heavy atom. The van der Waals surface area contributed by atoms with E-state index in [1.807, 2.05) is 6.92 Å². The van der Waals surface area contributed by atoms with Crippen LogP contribution in [0.15, 0.2) is 55.0 Å². The average molecular weight is 365 g/mol. The van der Waals surface area contributed by atoms with Gasteiger partial charge in [-0.15, -0.1) is 0 Å². The van der Waals surface area contributed by atoms with Gasteiger partial charge < -0.3 is 5.32 Å². The highest BCUT2D eigenvalue weighted by Crippen LogP contribution is 2.28. The van der Waals surface area contributed by atoms with E-state index in [1.165, 1.54) is 12.1 Å². The molecule has 0 radical (unpaired) electrons. The number of rotatable bonds is 5. The van der Waals surface area contributed by atoms with E-state index in [0.717, 1.165) is 16.9 Å². The number of fused-ring (bicyclic) bond motifs is 1. The van der Waals surface area contributed by atoms with Gasteiger partial charge in [-0.1, -0.05) is 19.1 Å². The summed E-state index contributed by atoms with van der Waals surface area (Å²) in [5.74, 6) is 0.208. The number of benzene rings is 1. The summed E-state index contributed by atoms with van der Waals surface area (Å²) in [5, 5.41) is 7.66. The van der Waals surface area contributed by atoms with Gasteiger partial charge in [0, 0.05) is 18.0 Å². The monoisotopic (exact) mass is 365 g/mol. The molecule has 4 rings (SSSR count). The van der Waals surface area contributed by atoms with Crippen LogP contribution in [0.5, 0.6) is 0 Å². The van der Waals surface area contributed by atoms with Crippen molar-refractivity contribution in [1.82, 2.24) is 19.6 Å². The summed E-state index contributed by atoms with van der Waals surface area (Å²) in [6, 6.07) is 9.80. The molecule has 1 N–H and O–H groups in total. The molecule has 0 atom stereocenters. The third-order valence-electron chi connectivity index (χ3n) is 4.28. The number of nitrogens with zero attached hydrogens (tertiary/aromatic N) is 4. The first-order valence-corrected chi connectivity index (χ1v) is 8.59. The Morgan fingerprint density at radius 1 is 1.11 bits per heavy atom. The van der Waals surface area contributed by atoms with Crippen molar-refractivity contribution in [2.24, 2.45) is 0 Å². The number of hydrogen-bond donors (Lipinski definition) is 1. The second-order valence-electron chi connectivity index (χ2n) is 6.10. The lowest BCUT2D eigenvalue weighted by atomic mass is 10.1. The highest BCUT2D eigenvalue weighted by molar-refractivity contribution is 5.81. The van der Waals surface area contributed by atoms with Gasteiger partial charge in [0.05, 0.1) is 34.9 Å². The van der Waals surface area contributed by atoms with Gasteiger partial charge >= 0.3 is 0 Å². The standard InChI is InChI=1S/C20H17F2N5/c1-2-16-20(18-9-14(22)7-8-27(18)26-16)17-11-23-12-19(25-17)24-15-5-3-13(10-21)4-6-15/h3-9,11-12H,2,10H2,1H3,(H,24,25). The minimum Gasteiger partial charge on any atom is -0.339 e. The Balaban J connectivity index is 1.74. The van der Waals surface area contributed by atoms with Crippen LogP contribution in [0.2, 0.25) is 0 Å². The Labute approximate surface area is 154 Å². The summed E-state index contributed by atoms with van der Waals surface area (Å²) in [7, 11) is 0. The van der Waals surface area contributed by atoms with Crippen LogP contribution in [0.3, 0.4) is 0 Å². The highest BCUT2D eigenvalue weighted by Gasteiger charge is 2.16. The van der Waals surface area contributed by atoms with E-state index in [2.05, 4.69) is 20.4 Å². The number of nitrogens with one attached hydrogen (secondary N) is 1. The number of hydrogen-bond acceptors (Lipinski definition) is 4. The third-order valence-corrected chi connectivity index (χ3v) is 4.28. The molecular formula is C20H17F2N5. The van der Waals surface area contributed by atoms with Crippen molar-refractivity contribution in [3.05, 3.63) is 72.1 Å². The highest BCUT2D eigenvalue weighted by atomic mass is 19.1. The second kappa shape index (κ2) is 7.11. The predicted octanol–water partition coefficient (Wildman–Crippen LogP) is 4.71. The van der Waals surface area contributed by atoms with Crippen LogP contribution in [0.4, 0.5) is 20.3 Å². The smallest absolute Gasteiger partial charge is 0.149 e. The number of anilines is 2. The maximum absolute atomic E-state index is 13.8. The molecule has 0 saturated carbocycles. The number of alkyl halides is 1. The van der Waals surface area contributed by atoms with Crippen LogP contribution < -0.4 is 5.32 Å². The fourth-order valence-corrected chi connectivity index (χ4v) is 2.97. The van der Waals surface area contributed by atoms with Gasteiger partial charge in [0.2, 0.25) is 0 Å². The molecule has 0 unspecified atom stereocenters. The molecule has 0 spiro atoms. The summed E-state index contributed by atoms with van der Waals surface area (Å²) in [6.45, 7) is 1.49. The molecule has 0 aliphatic rings. The summed E-state index contributed by atoms with van der Waals surface area (Å²) < 4.78 is 28.0. The maximum Gasteiger partial charge on any atom is 0.149 e. The second-order valence-corrected chi connectivity index (χ2v) is 6.10. The molecule has 0 saturated heterocycles. The molecular weight excluding hydrogens is 348 g/mol. The Hall–Kier alpha value is -3.35. The van der Waals surface area contributed by atoms with Gasteiger partial charge in [-0.05, 0) is 30.2 Å². The lowest BCUT2D eigenvalue weighted by Gasteiger charge is -2.08. The van der Waals surface area contributed by atoms with E-state index in [4.69, 9.17) is 0 Å². The van der Waals surface area contributed by atoms with Gasteiger partial charge in [-0.2, -0.15) is 5.10 Å². The van der Waals surface area contributed by atoms with Crippen LogP contribution in [-0.4, -0.2) is 19.6 Å². The zero-order valence-corrected chi connectivity index (χ0v) is 14.7. The third kappa shape index (κ3) is 3.36. The van der Waals surface area contributed by atoms with Crippen molar-refractivity contribution in [2.75, 3.05) is 5.32 Å². The number of halogens is 2. The topological polar surface area (TPSA) is 55.1 Å². The molecule has 0 fully saturated rings. The van der Waals surface area contributed by atoms with E-state index in [1.54, 1.807) is 47.4 Å². The number of aryl methyl sites for hydroxylation is 1. The normalized spacial score (nSPS) is 11.1. The maximum atomic E-state index is 13.8. The summed E-state index contributed by atoms with van der Waals surface area (Å²) in [5.41, 5.74) is 4.23. The van der Waals surface area contributed by atoms with Crippen LogP contribution in [0.1, 0.15) is 18.2 Å². The van der Waals surface area contributed by atoms with Crippen LogP contribution in [0, 0.1) is 5.82 Å². The molecule has 0 aliphatic carbocycles. The quantitative estimate of drug-likeness (QED) is 0.557. The van der Waals surface area contributed by atoms with Crippen molar-refractivity contribution < 1.29 is 8.78 Å². The van der Waals surface area contributed by atoms with Crippen LogP contribution in [-0.2, 0) is 13.1 Å². The molecule has 1 aromatic carbocycles. The lowest BCUT2D eigenvalue weighted by molar-refractivity contribution is 0.485. The number of pyridine rings is 1. The van der Waals surface area contributed by atoms with Gasteiger partial charge in [0.25, 0.3) is 0 Å². The van der Waals surface area contributed by atoms with E-state index < -0.39 is 6.67 Å². The van der Waals surface area contributed by atoms with E-state index in [-0.39, 0.29) is 5.82 Å². The Kier molecular flexibility index (Phi) is 4.50. The first-order valence-electron chi connectivity index (χ1n) is 8.59. The molecule has 5 nitrogen and oxygen atoms in total. The van der Waals surface area contributed by atoms with E-state index in [9.17, 15) is 8.78 Å². The first-order chi connectivity index (χ1) is 13.2. The fraction of sp³-hybridized carbons (Fsp3) is 0.150. The lowest BCUT2D eigenvalue weighted by Crippen LogP contribution is -1.97. The Bertz CT molecular complexity index is 1090. The number of aromatic nitrogens is 4. The molecule has 0 amide bonds. The minimum atomic E-state index is -0.499. The van der Waals surface area contributed by atoms with Crippen molar-refractivity contribution in [1.29, 1.82) is 0 Å². The molecule has 7 heteroatoms. The SMILES string of the molecule is CCc1nn2ccc(F)cc2c1-c1cncc(Nc2ccc(CF)cc2)n1. The molecule has 4 aromatic rings. The van der Waals surface area contributed by atoms with Crippen molar-refractivity contribution in [2.45, 2.75) is 20.0 Å². The van der Waals surface area contributed by atoms with Crippen molar-refractivity contribution in [3.8, 4) is 11.3 Å². The van der Waals surface area contributed by atoms with Gasteiger partial charge in [-0.3, -0.25) is 4.98 Å². The zero-order chi connectivity index (χ0) is 18.8. The minimum absolute atomic E-state index is 0.332. The average Bonchev–Trinajstić information content (AvgIpc) is 3.06. The zero-order valence-electron chi connectivity index (χ0n) is 14.7. The molecule has 136 valence electrons. The molecule has 27 heavy (non-hydrogen) atoms. The first kappa shape index (κ1) is 17.1. The van der Waals surface area contributed by atoms with E-state index >= 15 is 0 Å².